The van der Waals surface area contributed by atoms with Gasteiger partial charge in [-0.2, -0.15) is 5.10 Å². The van der Waals surface area contributed by atoms with E-state index in [4.69, 9.17) is 9.47 Å². The second-order valence-electron chi connectivity index (χ2n) is 7.51. The normalized spacial score (nSPS) is 11.0. The second kappa shape index (κ2) is 10.3. The minimum Gasteiger partial charge on any atom is -0.496 e. The maximum atomic E-state index is 12.6. The molecular weight excluding hydrogens is 480 g/mol. The number of benzene rings is 4. The van der Waals surface area contributed by atoms with Crippen molar-refractivity contribution in [2.75, 3.05) is 7.11 Å². The Morgan fingerprint density at radius 3 is 2.67 bits per heavy atom. The summed E-state index contributed by atoms with van der Waals surface area (Å²) in [6, 6.07) is 25.5. The molecule has 0 aromatic heterocycles. The van der Waals surface area contributed by atoms with Crippen LogP contribution in [0.3, 0.4) is 0 Å². The summed E-state index contributed by atoms with van der Waals surface area (Å²) in [5.74, 6) is 0.817. The number of hydrogen-bond acceptors (Lipinski definition) is 4. The molecule has 0 atom stereocenters. The highest BCUT2D eigenvalue weighted by molar-refractivity contribution is 9.10. The second-order valence-corrected chi connectivity index (χ2v) is 8.43. The predicted octanol–water partition coefficient (Wildman–Crippen LogP) is 6.26. The van der Waals surface area contributed by atoms with Crippen LogP contribution in [-0.2, 0) is 6.61 Å². The third-order valence-electron chi connectivity index (χ3n) is 5.21. The first kappa shape index (κ1) is 22.6. The Labute approximate surface area is 201 Å². The van der Waals surface area contributed by atoms with Crippen LogP contribution >= 0.6 is 15.9 Å². The molecule has 0 aliphatic carbocycles. The molecule has 1 N–H and O–H groups in total. The van der Waals surface area contributed by atoms with Gasteiger partial charge in [-0.15, -0.1) is 0 Å². The number of nitrogens with one attached hydrogen (secondary N) is 1. The first-order valence-corrected chi connectivity index (χ1v) is 11.2. The van der Waals surface area contributed by atoms with E-state index >= 15 is 0 Å². The van der Waals surface area contributed by atoms with E-state index in [0.29, 0.717) is 23.7 Å². The Bertz CT molecular complexity index is 1330. The van der Waals surface area contributed by atoms with Gasteiger partial charge in [-0.1, -0.05) is 64.5 Å². The molecule has 0 fully saturated rings. The van der Waals surface area contributed by atoms with Gasteiger partial charge in [0.2, 0.25) is 0 Å². The zero-order valence-electron chi connectivity index (χ0n) is 18.3. The molecule has 0 radical (unpaired) electrons. The smallest absolute Gasteiger partial charge is 0.275 e. The van der Waals surface area contributed by atoms with Crippen LogP contribution in [0.25, 0.3) is 10.8 Å². The van der Waals surface area contributed by atoms with Crippen molar-refractivity contribution < 1.29 is 14.3 Å². The zero-order valence-corrected chi connectivity index (χ0v) is 19.9. The Kier molecular flexibility index (Phi) is 7.05. The molecule has 5 nitrogen and oxygen atoms in total. The monoisotopic (exact) mass is 502 g/mol. The van der Waals surface area contributed by atoms with E-state index in [1.807, 2.05) is 55.5 Å². The first-order chi connectivity index (χ1) is 16.0. The molecule has 166 valence electrons. The number of aryl methyl sites for hydroxylation is 1. The van der Waals surface area contributed by atoms with Gasteiger partial charge in [-0.05, 0) is 59.2 Å². The van der Waals surface area contributed by atoms with Gasteiger partial charge in [0.05, 0.1) is 18.9 Å². The Morgan fingerprint density at radius 1 is 1.00 bits per heavy atom. The standard InChI is InChI=1S/C27H23BrN2O3/c1-18-10-12-24(26(14-18)32-2)27(31)30-29-16-21-15-22(28)11-13-25(21)33-17-20-8-5-7-19-6-3-4-9-23(19)20/h3-16H,17H2,1-2H3,(H,30,31)/b29-16-. The van der Waals surface area contributed by atoms with E-state index in [2.05, 4.69) is 50.7 Å². The van der Waals surface area contributed by atoms with Gasteiger partial charge >= 0.3 is 0 Å². The Hall–Kier alpha value is -3.64. The van der Waals surface area contributed by atoms with Gasteiger partial charge in [0, 0.05) is 10.0 Å². The van der Waals surface area contributed by atoms with Gasteiger partial charge in [-0.25, -0.2) is 5.43 Å². The zero-order chi connectivity index (χ0) is 23.2. The molecule has 4 aromatic rings. The number of carbonyl (C=O) groups is 1. The highest BCUT2D eigenvalue weighted by Crippen LogP contribution is 2.25. The molecule has 0 unspecified atom stereocenters. The lowest BCUT2D eigenvalue weighted by Gasteiger charge is -2.12. The molecule has 4 rings (SSSR count). The number of hydrazone groups is 1. The number of methoxy groups -OCH3 is 1. The first-order valence-electron chi connectivity index (χ1n) is 10.4. The molecular formula is C27H23BrN2O3. The molecule has 1 amide bonds. The maximum absolute atomic E-state index is 12.6. The number of hydrogen-bond donors (Lipinski definition) is 1. The molecule has 0 saturated carbocycles. The van der Waals surface area contributed by atoms with Crippen LogP contribution in [0.4, 0.5) is 0 Å². The Morgan fingerprint density at radius 2 is 1.82 bits per heavy atom. The summed E-state index contributed by atoms with van der Waals surface area (Å²) in [6.45, 7) is 2.35. The van der Waals surface area contributed by atoms with Gasteiger partial charge in [0.25, 0.3) is 5.91 Å². The maximum Gasteiger partial charge on any atom is 0.275 e. The van der Waals surface area contributed by atoms with Crippen molar-refractivity contribution in [3.8, 4) is 11.5 Å². The quantitative estimate of drug-likeness (QED) is 0.239. The fraction of sp³-hybridized carbons (Fsp3) is 0.111. The number of carbonyl (C=O) groups excluding carboxylic acids is 1. The summed E-state index contributed by atoms with van der Waals surface area (Å²) in [5.41, 5.74) is 5.83. The lowest BCUT2D eigenvalue weighted by atomic mass is 10.1. The van der Waals surface area contributed by atoms with E-state index in [9.17, 15) is 4.79 Å². The molecule has 0 aliphatic heterocycles. The van der Waals surface area contributed by atoms with Gasteiger partial charge in [-0.3, -0.25) is 4.79 Å². The van der Waals surface area contributed by atoms with Crippen LogP contribution in [0.5, 0.6) is 11.5 Å². The fourth-order valence-electron chi connectivity index (χ4n) is 3.53. The van der Waals surface area contributed by atoms with Crippen molar-refractivity contribution in [2.45, 2.75) is 13.5 Å². The fourth-order valence-corrected chi connectivity index (χ4v) is 3.91. The van der Waals surface area contributed by atoms with E-state index < -0.39 is 0 Å². The molecule has 0 heterocycles. The van der Waals surface area contributed by atoms with Crippen molar-refractivity contribution in [2.24, 2.45) is 5.10 Å². The summed E-state index contributed by atoms with van der Waals surface area (Å²) in [5, 5.41) is 6.47. The van der Waals surface area contributed by atoms with E-state index in [-0.39, 0.29) is 5.91 Å². The van der Waals surface area contributed by atoms with Crippen LogP contribution < -0.4 is 14.9 Å². The summed E-state index contributed by atoms with van der Waals surface area (Å²) in [6.07, 6.45) is 1.57. The van der Waals surface area contributed by atoms with Crippen molar-refractivity contribution in [1.82, 2.24) is 5.43 Å². The van der Waals surface area contributed by atoms with Gasteiger partial charge in [0.1, 0.15) is 18.1 Å². The van der Waals surface area contributed by atoms with E-state index in [1.165, 1.54) is 12.5 Å². The minimum atomic E-state index is -0.351. The third kappa shape index (κ3) is 5.41. The molecule has 4 aromatic carbocycles. The van der Waals surface area contributed by atoms with Gasteiger partial charge < -0.3 is 9.47 Å². The van der Waals surface area contributed by atoms with Crippen molar-refractivity contribution in [3.05, 3.63) is 106 Å². The lowest BCUT2D eigenvalue weighted by Crippen LogP contribution is -2.18. The van der Waals surface area contributed by atoms with Crippen LogP contribution in [-0.4, -0.2) is 19.2 Å². The van der Waals surface area contributed by atoms with Crippen molar-refractivity contribution in [1.29, 1.82) is 0 Å². The average Bonchev–Trinajstić information content (AvgIpc) is 2.83. The van der Waals surface area contributed by atoms with Crippen LogP contribution in [0.15, 0.2) is 88.4 Å². The highest BCUT2D eigenvalue weighted by Gasteiger charge is 2.12. The number of ether oxygens (including phenoxy) is 2. The summed E-state index contributed by atoms with van der Waals surface area (Å²) in [7, 11) is 1.54. The topological polar surface area (TPSA) is 59.9 Å². The Balaban J connectivity index is 1.50. The number of halogens is 1. The third-order valence-corrected chi connectivity index (χ3v) is 5.70. The SMILES string of the molecule is COc1cc(C)ccc1C(=O)N/N=C\c1cc(Br)ccc1OCc1cccc2ccccc12. The average molecular weight is 503 g/mol. The van der Waals surface area contributed by atoms with Gasteiger partial charge in [0.15, 0.2) is 0 Å². The van der Waals surface area contributed by atoms with Crippen LogP contribution in [0, 0.1) is 6.92 Å². The molecule has 0 aliphatic rings. The molecule has 6 heteroatoms. The van der Waals surface area contributed by atoms with Crippen LogP contribution in [0.2, 0.25) is 0 Å². The summed E-state index contributed by atoms with van der Waals surface area (Å²) < 4.78 is 12.3. The van der Waals surface area contributed by atoms with E-state index in [0.717, 1.165) is 26.5 Å². The largest absolute Gasteiger partial charge is 0.496 e. The summed E-state index contributed by atoms with van der Waals surface area (Å²) in [4.78, 5) is 12.6. The highest BCUT2D eigenvalue weighted by atomic mass is 79.9. The molecule has 0 spiro atoms. The number of rotatable bonds is 7. The molecule has 0 saturated heterocycles. The number of fused-ring (bicyclic) bond motifs is 1. The lowest BCUT2D eigenvalue weighted by molar-refractivity contribution is 0.0952. The molecule has 33 heavy (non-hydrogen) atoms. The number of amides is 1. The minimum absolute atomic E-state index is 0.351. The van der Waals surface area contributed by atoms with Crippen molar-refractivity contribution >= 4 is 38.8 Å². The van der Waals surface area contributed by atoms with Crippen molar-refractivity contribution in [3.63, 3.8) is 0 Å². The van der Waals surface area contributed by atoms with E-state index in [1.54, 1.807) is 12.3 Å². The predicted molar refractivity (Wildman–Crippen MR) is 135 cm³/mol. The van der Waals surface area contributed by atoms with Crippen LogP contribution in [0.1, 0.15) is 27.0 Å². The molecule has 0 bridgehead atoms. The number of nitrogens with zero attached hydrogens (tertiary/aromatic N) is 1. The summed E-state index contributed by atoms with van der Waals surface area (Å²) >= 11 is 3.49.